The maximum atomic E-state index is 13.1. The molecule has 0 unspecified atom stereocenters. The van der Waals surface area contributed by atoms with Gasteiger partial charge in [0, 0.05) is 18.2 Å². The average Bonchev–Trinajstić information content (AvgIpc) is 3.41. The van der Waals surface area contributed by atoms with E-state index in [2.05, 4.69) is 20.9 Å². The lowest BCUT2D eigenvalue weighted by Gasteiger charge is -2.16. The summed E-state index contributed by atoms with van der Waals surface area (Å²) in [5.41, 5.74) is 5.95. The lowest BCUT2D eigenvalue weighted by atomic mass is 9.99. The average molecular weight is 531 g/mol. The van der Waals surface area contributed by atoms with E-state index in [4.69, 9.17) is 5.21 Å². The van der Waals surface area contributed by atoms with Gasteiger partial charge in [0.15, 0.2) is 0 Å². The van der Waals surface area contributed by atoms with Gasteiger partial charge in [0.05, 0.1) is 25.2 Å². The van der Waals surface area contributed by atoms with Gasteiger partial charge >= 0.3 is 0 Å². The van der Waals surface area contributed by atoms with Crippen LogP contribution in [-0.4, -0.2) is 37.9 Å². The van der Waals surface area contributed by atoms with E-state index in [0.29, 0.717) is 23.4 Å². The lowest BCUT2D eigenvalue weighted by molar-refractivity contribution is -0.130. The van der Waals surface area contributed by atoms with Crippen molar-refractivity contribution in [2.24, 2.45) is 0 Å². The van der Waals surface area contributed by atoms with E-state index in [0.717, 1.165) is 16.7 Å². The van der Waals surface area contributed by atoms with E-state index < -0.39 is 17.8 Å². The van der Waals surface area contributed by atoms with Gasteiger partial charge in [-0.25, -0.2) is 14.6 Å². The van der Waals surface area contributed by atoms with Crippen molar-refractivity contribution < 1.29 is 24.0 Å². The van der Waals surface area contributed by atoms with Crippen molar-refractivity contribution in [3.63, 3.8) is 0 Å². The van der Waals surface area contributed by atoms with Gasteiger partial charge in [-0.2, -0.15) is 0 Å². The summed E-state index contributed by atoms with van der Waals surface area (Å²) in [7, 11) is 0. The summed E-state index contributed by atoms with van der Waals surface area (Å²) in [5, 5.41) is 22.8. The van der Waals surface area contributed by atoms with Crippen molar-refractivity contribution in [3.05, 3.63) is 102 Å². The largest absolute Gasteiger partial charge is 0.346 e. The molecule has 0 fully saturated rings. The summed E-state index contributed by atoms with van der Waals surface area (Å²) in [5.74, 6) is -1.54. The number of benzene rings is 3. The number of aromatic nitrogens is 3. The zero-order valence-electron chi connectivity index (χ0n) is 21.1. The van der Waals surface area contributed by atoms with Gasteiger partial charge < -0.3 is 10.6 Å². The van der Waals surface area contributed by atoms with Crippen molar-refractivity contribution in [2.75, 3.05) is 5.32 Å². The van der Waals surface area contributed by atoms with Crippen LogP contribution in [0.5, 0.6) is 0 Å². The van der Waals surface area contributed by atoms with Crippen molar-refractivity contribution in [3.8, 4) is 11.1 Å². The molecule has 0 saturated carbocycles. The predicted octanol–water partition coefficient (Wildman–Crippen LogP) is 3.65. The minimum absolute atomic E-state index is 0.0538. The second-order valence-electron chi connectivity index (χ2n) is 8.94. The molecular formula is C28H27FN6O4. The zero-order valence-corrected chi connectivity index (χ0v) is 21.1. The van der Waals surface area contributed by atoms with Gasteiger partial charge in [-0.3, -0.25) is 19.6 Å². The molecule has 10 nitrogen and oxygen atoms in total. The van der Waals surface area contributed by atoms with Gasteiger partial charge in [-0.05, 0) is 59.5 Å². The predicted molar refractivity (Wildman–Crippen MR) is 141 cm³/mol. The second-order valence-corrected chi connectivity index (χ2v) is 8.94. The van der Waals surface area contributed by atoms with Crippen molar-refractivity contribution >= 4 is 23.4 Å². The van der Waals surface area contributed by atoms with E-state index in [1.54, 1.807) is 11.7 Å². The summed E-state index contributed by atoms with van der Waals surface area (Å²) in [6.45, 7) is 1.54. The van der Waals surface area contributed by atoms with Gasteiger partial charge in [0.1, 0.15) is 11.5 Å². The molecule has 4 rings (SSSR count). The summed E-state index contributed by atoms with van der Waals surface area (Å²) in [6.07, 6.45) is 1.99. The van der Waals surface area contributed by atoms with E-state index in [9.17, 15) is 18.8 Å². The van der Waals surface area contributed by atoms with Crippen molar-refractivity contribution in [1.82, 2.24) is 25.8 Å². The Balaban J connectivity index is 1.44. The van der Waals surface area contributed by atoms with E-state index in [1.807, 2.05) is 48.5 Å². The van der Waals surface area contributed by atoms with Crippen LogP contribution >= 0.6 is 0 Å². The molecule has 3 aromatic carbocycles. The van der Waals surface area contributed by atoms with Crippen LogP contribution in [0.25, 0.3) is 11.1 Å². The third-order valence-electron chi connectivity index (χ3n) is 5.96. The van der Waals surface area contributed by atoms with E-state index >= 15 is 0 Å². The SMILES string of the molecule is CC(=O)Nc1cccc(-c2ccc(C[C@H](CC(=O)NO)n3cc(CNC(=O)c4ccc(F)cc4)nn3)cc2)c1. The standard InChI is InChI=1S/C28H27FN6O4/c1-18(36)31-24-4-2-3-22(14-24)20-7-5-19(6-8-20)13-26(15-27(37)33-39)35-17-25(32-34-35)16-30-28(38)21-9-11-23(29)12-10-21/h2-12,14,17,26,39H,13,15-16H2,1H3,(H,30,38)(H,31,36)(H,33,37)/t26-/m1/s1. The Kier molecular flexibility index (Phi) is 8.75. The van der Waals surface area contributed by atoms with Crippen molar-refractivity contribution in [2.45, 2.75) is 32.4 Å². The molecule has 0 bridgehead atoms. The fourth-order valence-electron chi connectivity index (χ4n) is 4.05. The lowest BCUT2D eigenvalue weighted by Crippen LogP contribution is -2.25. The molecule has 1 atom stereocenters. The normalized spacial score (nSPS) is 11.5. The number of amides is 3. The molecule has 11 heteroatoms. The Morgan fingerprint density at radius 1 is 1.00 bits per heavy atom. The highest BCUT2D eigenvalue weighted by atomic mass is 19.1. The highest BCUT2D eigenvalue weighted by Crippen LogP contribution is 2.25. The number of rotatable bonds is 10. The van der Waals surface area contributed by atoms with Crippen LogP contribution < -0.4 is 16.1 Å². The topological polar surface area (TPSA) is 138 Å². The first-order valence-electron chi connectivity index (χ1n) is 12.1. The van der Waals surface area contributed by atoms with Crippen LogP contribution in [-0.2, 0) is 22.6 Å². The molecule has 0 spiro atoms. The first-order valence-corrected chi connectivity index (χ1v) is 12.1. The van der Waals surface area contributed by atoms with Gasteiger partial charge in [0.2, 0.25) is 11.8 Å². The molecule has 0 aliphatic heterocycles. The van der Waals surface area contributed by atoms with Gasteiger partial charge in [0.25, 0.3) is 5.91 Å². The first-order chi connectivity index (χ1) is 18.8. The molecule has 0 aliphatic rings. The first kappa shape index (κ1) is 27.1. The Hall–Kier alpha value is -4.90. The molecule has 1 aromatic heterocycles. The van der Waals surface area contributed by atoms with E-state index in [-0.39, 0.29) is 24.8 Å². The number of halogens is 1. The number of hydrogen-bond donors (Lipinski definition) is 4. The fraction of sp³-hybridized carbons (Fsp3) is 0.179. The number of anilines is 1. The summed E-state index contributed by atoms with van der Waals surface area (Å²) < 4.78 is 14.6. The number of nitrogens with one attached hydrogen (secondary N) is 3. The number of nitrogens with zero attached hydrogens (tertiary/aromatic N) is 3. The van der Waals surface area contributed by atoms with Gasteiger partial charge in [-0.1, -0.05) is 41.6 Å². The molecule has 4 aromatic rings. The minimum atomic E-state index is -0.576. The maximum absolute atomic E-state index is 13.1. The Labute approximate surface area is 223 Å². The zero-order chi connectivity index (χ0) is 27.8. The number of carbonyl (C=O) groups is 3. The van der Waals surface area contributed by atoms with Crippen molar-refractivity contribution in [1.29, 1.82) is 0 Å². The maximum Gasteiger partial charge on any atom is 0.251 e. The Morgan fingerprint density at radius 2 is 1.74 bits per heavy atom. The molecule has 4 N–H and O–H groups in total. The molecule has 200 valence electrons. The smallest absolute Gasteiger partial charge is 0.251 e. The van der Waals surface area contributed by atoms with Crippen LogP contribution in [0.3, 0.4) is 0 Å². The quantitative estimate of drug-likeness (QED) is 0.182. The summed E-state index contributed by atoms with van der Waals surface area (Å²) in [6, 6.07) is 20.0. The van der Waals surface area contributed by atoms with Crippen LogP contribution in [0.15, 0.2) is 79.0 Å². The van der Waals surface area contributed by atoms with Crippen LogP contribution in [0, 0.1) is 5.82 Å². The Morgan fingerprint density at radius 3 is 2.44 bits per heavy atom. The summed E-state index contributed by atoms with van der Waals surface area (Å²) >= 11 is 0. The Bertz CT molecular complexity index is 1450. The molecule has 0 saturated heterocycles. The third kappa shape index (κ3) is 7.55. The van der Waals surface area contributed by atoms with Crippen LogP contribution in [0.1, 0.15) is 41.0 Å². The molecular weight excluding hydrogens is 503 g/mol. The highest BCUT2D eigenvalue weighted by Gasteiger charge is 2.19. The third-order valence-corrected chi connectivity index (χ3v) is 5.96. The van der Waals surface area contributed by atoms with Crippen LogP contribution in [0.2, 0.25) is 0 Å². The highest BCUT2D eigenvalue weighted by molar-refractivity contribution is 5.94. The van der Waals surface area contributed by atoms with Gasteiger partial charge in [-0.15, -0.1) is 5.10 Å². The number of hydroxylamine groups is 1. The summed E-state index contributed by atoms with van der Waals surface area (Å²) in [4.78, 5) is 35.7. The number of carbonyl (C=O) groups excluding carboxylic acids is 3. The molecule has 1 heterocycles. The fourth-order valence-corrected chi connectivity index (χ4v) is 4.05. The number of hydrogen-bond acceptors (Lipinski definition) is 6. The molecule has 0 radical (unpaired) electrons. The van der Waals surface area contributed by atoms with Crippen LogP contribution in [0.4, 0.5) is 10.1 Å². The minimum Gasteiger partial charge on any atom is -0.346 e. The molecule has 3 amide bonds. The molecule has 39 heavy (non-hydrogen) atoms. The van der Waals surface area contributed by atoms with E-state index in [1.165, 1.54) is 35.9 Å². The second kappa shape index (κ2) is 12.6. The molecule has 0 aliphatic carbocycles. The monoisotopic (exact) mass is 530 g/mol.